The summed E-state index contributed by atoms with van der Waals surface area (Å²) in [5.41, 5.74) is 6.70. The highest BCUT2D eigenvalue weighted by Gasteiger charge is 2.49. The fraction of sp³-hybridized carbons (Fsp3) is 0.750. The summed E-state index contributed by atoms with van der Waals surface area (Å²) in [5.74, 6) is 1.29. The molecular weight excluding hydrogens is 506 g/mol. The van der Waals surface area contributed by atoms with Crippen molar-refractivity contribution >= 4 is 11.8 Å². The average molecular weight is 560 g/mol. The van der Waals surface area contributed by atoms with Crippen molar-refractivity contribution in [2.24, 2.45) is 28.9 Å². The number of hydrogen-bond donors (Lipinski definition) is 4. The highest BCUT2D eigenvalue weighted by molar-refractivity contribution is 5.96. The van der Waals surface area contributed by atoms with E-state index in [4.69, 9.17) is 15.2 Å². The molecule has 3 atom stereocenters. The Kier molecular flexibility index (Phi) is 13.2. The maximum atomic E-state index is 13.2. The summed E-state index contributed by atoms with van der Waals surface area (Å²) in [7, 11) is 1.68. The van der Waals surface area contributed by atoms with E-state index in [1.807, 2.05) is 18.2 Å². The van der Waals surface area contributed by atoms with Crippen LogP contribution in [-0.2, 0) is 9.53 Å². The number of ether oxygens (including phenoxy) is 2. The molecule has 0 bridgehead atoms. The molecule has 0 aliphatic heterocycles. The Morgan fingerprint density at radius 2 is 1.73 bits per heavy atom. The highest BCUT2D eigenvalue weighted by Crippen LogP contribution is 2.52. The van der Waals surface area contributed by atoms with E-state index in [2.05, 4.69) is 24.5 Å². The molecule has 0 saturated heterocycles. The van der Waals surface area contributed by atoms with Gasteiger partial charge in [0.15, 0.2) is 0 Å². The molecule has 5 N–H and O–H groups in total. The van der Waals surface area contributed by atoms with Gasteiger partial charge in [0.1, 0.15) is 5.75 Å². The van der Waals surface area contributed by atoms with Gasteiger partial charge < -0.3 is 30.9 Å². The van der Waals surface area contributed by atoms with Crippen LogP contribution in [0.3, 0.4) is 0 Å². The van der Waals surface area contributed by atoms with Crippen LogP contribution < -0.4 is 21.1 Å². The molecule has 0 radical (unpaired) electrons. The largest absolute Gasteiger partial charge is 0.493 e. The molecule has 2 saturated carbocycles. The number of benzene rings is 1. The van der Waals surface area contributed by atoms with Crippen molar-refractivity contribution in [3.8, 4) is 5.75 Å². The number of methoxy groups -OCH3 is 1. The van der Waals surface area contributed by atoms with Crippen LogP contribution >= 0.6 is 0 Å². The molecule has 2 aliphatic carbocycles. The molecular formula is C32H53N3O5. The lowest BCUT2D eigenvalue weighted by molar-refractivity contribution is -0.142. The number of nitrogens with two attached hydrogens (primary N) is 1. The molecule has 3 rings (SSSR count). The Morgan fingerprint density at radius 3 is 2.38 bits per heavy atom. The summed E-state index contributed by atoms with van der Waals surface area (Å²) in [6, 6.07) is 6.77. The second-order valence-electron chi connectivity index (χ2n) is 12.3. The Bertz CT molecular complexity index is 914. The van der Waals surface area contributed by atoms with E-state index in [0.717, 1.165) is 44.9 Å². The zero-order valence-electron chi connectivity index (χ0n) is 25.0. The normalized spacial score (nSPS) is 19.4. The van der Waals surface area contributed by atoms with Crippen LogP contribution in [0.2, 0.25) is 0 Å². The molecule has 1 aromatic rings. The number of nitrogens with one attached hydrogen (secondary N) is 2. The summed E-state index contributed by atoms with van der Waals surface area (Å²) in [6.07, 6.45) is 10.5. The number of amides is 2. The van der Waals surface area contributed by atoms with Gasteiger partial charge in [0.25, 0.3) is 5.91 Å². The molecule has 2 fully saturated rings. The lowest BCUT2D eigenvalue weighted by Gasteiger charge is -2.48. The first-order valence-corrected chi connectivity index (χ1v) is 15.5. The topological polar surface area (TPSA) is 123 Å². The minimum absolute atomic E-state index is 0.0756. The third-order valence-electron chi connectivity index (χ3n) is 9.23. The van der Waals surface area contributed by atoms with Gasteiger partial charge in [0, 0.05) is 32.8 Å². The first kappa shape index (κ1) is 32.4. The Labute approximate surface area is 241 Å². The van der Waals surface area contributed by atoms with Crippen LogP contribution in [-0.4, -0.2) is 62.5 Å². The van der Waals surface area contributed by atoms with Gasteiger partial charge in [-0.15, -0.1) is 0 Å². The number of hydrogen-bond acceptors (Lipinski definition) is 6. The summed E-state index contributed by atoms with van der Waals surface area (Å²) < 4.78 is 10.9. The first-order valence-electron chi connectivity index (χ1n) is 15.5. The maximum Gasteiger partial charge on any atom is 0.255 e. The summed E-state index contributed by atoms with van der Waals surface area (Å²) >= 11 is 0. The predicted molar refractivity (Wildman–Crippen MR) is 158 cm³/mol. The minimum Gasteiger partial charge on any atom is -0.493 e. The molecule has 2 aliphatic rings. The van der Waals surface area contributed by atoms with Crippen molar-refractivity contribution in [2.75, 3.05) is 33.4 Å². The molecule has 8 heteroatoms. The van der Waals surface area contributed by atoms with Crippen molar-refractivity contribution in [3.63, 3.8) is 0 Å². The van der Waals surface area contributed by atoms with Gasteiger partial charge in [-0.05, 0) is 74.8 Å². The number of rotatable bonds is 17. The fourth-order valence-electron chi connectivity index (χ4n) is 6.29. The van der Waals surface area contributed by atoms with Crippen LogP contribution in [0, 0.1) is 23.2 Å². The van der Waals surface area contributed by atoms with Crippen LogP contribution in [0.5, 0.6) is 5.75 Å². The number of aliphatic hydroxyl groups is 1. The molecule has 8 nitrogen and oxygen atoms in total. The zero-order valence-corrected chi connectivity index (χ0v) is 25.0. The zero-order chi connectivity index (χ0) is 29.0. The SMILES string of the molecule is COCCCCOc1ccccc1C(=O)NC[C@@H](C[C@H](N)[C@@H](O)CNC(=O)C1(C2CCCCC2)CCC1)C(C)C. The minimum atomic E-state index is -0.836. The number of unbranched alkanes of at least 4 members (excludes halogenated alkanes) is 1. The smallest absolute Gasteiger partial charge is 0.255 e. The quantitative estimate of drug-likeness (QED) is 0.209. The monoisotopic (exact) mass is 559 g/mol. The number of carbonyl (C=O) groups is 2. The van der Waals surface area contributed by atoms with E-state index in [1.54, 1.807) is 13.2 Å². The standard InChI is InChI=1S/C32H53N3O5/c1-23(2)24(21-34-30(37)26-14-7-8-15-29(26)40-19-10-9-18-39-3)20-27(33)28(36)22-35-31(38)32(16-11-17-32)25-12-5-4-6-13-25/h7-8,14-15,23-25,27-28,36H,4-6,9-13,16-22,33H2,1-3H3,(H,34,37)(H,35,38)/t24-,27+,28+/m1/s1. The van der Waals surface area contributed by atoms with E-state index in [0.29, 0.717) is 43.4 Å². The summed E-state index contributed by atoms with van der Waals surface area (Å²) in [4.78, 5) is 26.3. The van der Waals surface area contributed by atoms with Crippen LogP contribution in [0.4, 0.5) is 0 Å². The second-order valence-corrected chi connectivity index (χ2v) is 12.3. The molecule has 0 aromatic heterocycles. The lowest BCUT2D eigenvalue weighted by atomic mass is 9.57. The van der Waals surface area contributed by atoms with Crippen molar-refractivity contribution in [2.45, 2.75) is 96.6 Å². The Morgan fingerprint density at radius 1 is 1.02 bits per heavy atom. The van der Waals surface area contributed by atoms with Gasteiger partial charge in [-0.25, -0.2) is 0 Å². The average Bonchev–Trinajstić information content (AvgIpc) is 2.93. The Hall–Kier alpha value is -2.16. The van der Waals surface area contributed by atoms with Crippen molar-refractivity contribution in [1.29, 1.82) is 0 Å². The number of aliphatic hydroxyl groups excluding tert-OH is 1. The third-order valence-corrected chi connectivity index (χ3v) is 9.23. The van der Waals surface area contributed by atoms with Crippen LogP contribution in [0.15, 0.2) is 24.3 Å². The molecule has 2 amide bonds. The van der Waals surface area contributed by atoms with Gasteiger partial charge in [-0.1, -0.05) is 51.7 Å². The van der Waals surface area contributed by atoms with Gasteiger partial charge in [-0.3, -0.25) is 9.59 Å². The van der Waals surface area contributed by atoms with Gasteiger partial charge in [0.05, 0.1) is 23.7 Å². The number of carbonyl (C=O) groups excluding carboxylic acids is 2. The lowest BCUT2D eigenvalue weighted by Crippen LogP contribution is -2.54. The third kappa shape index (κ3) is 8.92. The van der Waals surface area contributed by atoms with E-state index < -0.39 is 12.1 Å². The first-order chi connectivity index (χ1) is 19.3. The molecule has 1 aromatic carbocycles. The molecule has 226 valence electrons. The molecule has 0 unspecified atom stereocenters. The summed E-state index contributed by atoms with van der Waals surface area (Å²) in [6.45, 7) is 6.01. The van der Waals surface area contributed by atoms with Crippen LogP contribution in [0.25, 0.3) is 0 Å². The number of para-hydroxylation sites is 1. The van der Waals surface area contributed by atoms with Crippen molar-refractivity contribution < 1.29 is 24.2 Å². The fourth-order valence-corrected chi connectivity index (χ4v) is 6.29. The van der Waals surface area contributed by atoms with Gasteiger partial charge >= 0.3 is 0 Å². The highest BCUT2D eigenvalue weighted by atomic mass is 16.5. The molecule has 0 heterocycles. The van der Waals surface area contributed by atoms with Gasteiger partial charge in [0.2, 0.25) is 5.91 Å². The van der Waals surface area contributed by atoms with Crippen molar-refractivity contribution in [1.82, 2.24) is 10.6 Å². The van der Waals surface area contributed by atoms with E-state index >= 15 is 0 Å². The van der Waals surface area contributed by atoms with Crippen molar-refractivity contribution in [3.05, 3.63) is 29.8 Å². The summed E-state index contributed by atoms with van der Waals surface area (Å²) in [5, 5.41) is 16.9. The van der Waals surface area contributed by atoms with E-state index in [-0.39, 0.29) is 35.6 Å². The Balaban J connectivity index is 1.47. The van der Waals surface area contributed by atoms with E-state index in [1.165, 1.54) is 19.3 Å². The maximum absolute atomic E-state index is 13.2. The van der Waals surface area contributed by atoms with Crippen LogP contribution in [0.1, 0.15) is 94.8 Å². The van der Waals surface area contributed by atoms with Gasteiger partial charge in [-0.2, -0.15) is 0 Å². The predicted octanol–water partition coefficient (Wildman–Crippen LogP) is 4.44. The second kappa shape index (κ2) is 16.3. The van der Waals surface area contributed by atoms with E-state index in [9.17, 15) is 14.7 Å². The molecule has 40 heavy (non-hydrogen) atoms. The molecule has 0 spiro atoms.